The quantitative estimate of drug-likeness (QED) is 0.158. The molecule has 0 bridgehead atoms. The first-order valence-electron chi connectivity index (χ1n) is 11.8. The Labute approximate surface area is 172 Å². The third kappa shape index (κ3) is 22.3. The van der Waals surface area contributed by atoms with Crippen LogP contribution in [-0.4, -0.2) is 24.6 Å². The molecule has 0 radical (unpaired) electrons. The number of hydrogen-bond acceptors (Lipinski definition) is 2. The van der Waals surface area contributed by atoms with E-state index in [1.807, 2.05) is 0 Å². The lowest BCUT2D eigenvalue weighted by atomic mass is 10.0. The van der Waals surface area contributed by atoms with Crippen molar-refractivity contribution in [2.45, 2.75) is 130 Å². The molecule has 0 aliphatic carbocycles. The van der Waals surface area contributed by atoms with Crippen LogP contribution in [0, 0.1) is 0 Å². The summed E-state index contributed by atoms with van der Waals surface area (Å²) in [5.74, 6) is 0. The lowest BCUT2D eigenvalue weighted by molar-refractivity contribution is 0.196. The molecule has 0 unspecified atom stereocenters. The summed E-state index contributed by atoms with van der Waals surface area (Å²) in [5.41, 5.74) is 3.55. The van der Waals surface area contributed by atoms with Crippen LogP contribution < -0.4 is 5.43 Å². The average Bonchev–Trinajstić information content (AvgIpc) is 2.63. The van der Waals surface area contributed by atoms with Crippen molar-refractivity contribution in [2.24, 2.45) is 0 Å². The summed E-state index contributed by atoms with van der Waals surface area (Å²) >= 11 is 0. The zero-order chi connectivity index (χ0) is 18.4. The predicted molar refractivity (Wildman–Crippen MR) is 122 cm³/mol. The lowest BCUT2D eigenvalue weighted by Crippen LogP contribution is -2.38. The van der Waals surface area contributed by atoms with Gasteiger partial charge in [0.2, 0.25) is 0 Å². The standard InChI is InChI=1S/C23H50N2.ClH/c1-4-7-8-9-10-11-12-13-14-15-16-17-18-19-20-21-22-24-25(6-3)23-5-2;/h24H,4-23H2,1-3H3;1H. The molecular formula is C23H51ClN2. The molecule has 0 rings (SSSR count). The fraction of sp³-hybridized carbons (Fsp3) is 1.00. The van der Waals surface area contributed by atoms with Gasteiger partial charge in [0.25, 0.3) is 0 Å². The van der Waals surface area contributed by atoms with Gasteiger partial charge in [-0.05, 0) is 12.8 Å². The number of hydrazine groups is 1. The molecule has 3 heteroatoms. The normalized spacial score (nSPS) is 11.1. The molecular weight excluding hydrogens is 340 g/mol. The van der Waals surface area contributed by atoms with Gasteiger partial charge in [0.1, 0.15) is 0 Å². The molecule has 0 spiro atoms. The van der Waals surface area contributed by atoms with Crippen LogP contribution in [0.25, 0.3) is 0 Å². The topological polar surface area (TPSA) is 15.3 Å². The van der Waals surface area contributed by atoms with Crippen LogP contribution in [0.1, 0.15) is 130 Å². The van der Waals surface area contributed by atoms with Gasteiger partial charge in [-0.15, -0.1) is 12.4 Å². The van der Waals surface area contributed by atoms with Crippen molar-refractivity contribution >= 4 is 12.4 Å². The summed E-state index contributed by atoms with van der Waals surface area (Å²) in [6.45, 7) is 10.2. The van der Waals surface area contributed by atoms with Gasteiger partial charge >= 0.3 is 0 Å². The summed E-state index contributed by atoms with van der Waals surface area (Å²) in [6, 6.07) is 0. The first kappa shape index (κ1) is 28.4. The van der Waals surface area contributed by atoms with Gasteiger partial charge in [0, 0.05) is 19.6 Å². The van der Waals surface area contributed by atoms with E-state index < -0.39 is 0 Å². The first-order chi connectivity index (χ1) is 12.3. The van der Waals surface area contributed by atoms with E-state index in [1.54, 1.807) is 0 Å². The van der Waals surface area contributed by atoms with E-state index in [0.29, 0.717) is 0 Å². The fourth-order valence-corrected chi connectivity index (χ4v) is 3.53. The van der Waals surface area contributed by atoms with Crippen LogP contribution in [0.15, 0.2) is 0 Å². The van der Waals surface area contributed by atoms with Crippen molar-refractivity contribution in [3.8, 4) is 0 Å². The fourth-order valence-electron chi connectivity index (χ4n) is 3.53. The van der Waals surface area contributed by atoms with Crippen LogP contribution >= 0.6 is 12.4 Å². The minimum atomic E-state index is 0. The molecule has 0 heterocycles. The molecule has 0 aromatic heterocycles. The summed E-state index contributed by atoms with van der Waals surface area (Å²) in [7, 11) is 0. The van der Waals surface area contributed by atoms with Gasteiger partial charge < -0.3 is 0 Å². The Kier molecular flexibility index (Phi) is 27.6. The summed E-state index contributed by atoms with van der Waals surface area (Å²) < 4.78 is 0. The summed E-state index contributed by atoms with van der Waals surface area (Å²) in [4.78, 5) is 0. The Balaban J connectivity index is 0. The third-order valence-electron chi connectivity index (χ3n) is 5.24. The zero-order valence-electron chi connectivity index (χ0n) is 18.5. The highest BCUT2D eigenvalue weighted by atomic mass is 35.5. The highest BCUT2D eigenvalue weighted by Gasteiger charge is 1.98. The van der Waals surface area contributed by atoms with Gasteiger partial charge in [0.15, 0.2) is 0 Å². The molecule has 0 aromatic rings. The van der Waals surface area contributed by atoms with Crippen molar-refractivity contribution in [1.82, 2.24) is 10.4 Å². The van der Waals surface area contributed by atoms with Gasteiger partial charge in [-0.25, -0.2) is 5.01 Å². The molecule has 0 aliphatic heterocycles. The molecule has 0 amide bonds. The second kappa shape index (κ2) is 25.2. The van der Waals surface area contributed by atoms with Crippen LogP contribution in [0.2, 0.25) is 0 Å². The van der Waals surface area contributed by atoms with E-state index in [9.17, 15) is 0 Å². The van der Waals surface area contributed by atoms with E-state index in [2.05, 4.69) is 31.2 Å². The van der Waals surface area contributed by atoms with Crippen molar-refractivity contribution < 1.29 is 0 Å². The smallest absolute Gasteiger partial charge is 0.0128 e. The molecule has 2 nitrogen and oxygen atoms in total. The lowest BCUT2D eigenvalue weighted by Gasteiger charge is -2.20. The van der Waals surface area contributed by atoms with Crippen molar-refractivity contribution in [3.05, 3.63) is 0 Å². The monoisotopic (exact) mass is 390 g/mol. The van der Waals surface area contributed by atoms with Crippen molar-refractivity contribution in [2.75, 3.05) is 19.6 Å². The Hall–Kier alpha value is 0.210. The zero-order valence-corrected chi connectivity index (χ0v) is 19.3. The van der Waals surface area contributed by atoms with Gasteiger partial charge in [-0.1, -0.05) is 117 Å². The second-order valence-electron chi connectivity index (χ2n) is 7.79. The van der Waals surface area contributed by atoms with Crippen LogP contribution in [0.4, 0.5) is 0 Å². The number of halogens is 1. The summed E-state index contributed by atoms with van der Waals surface area (Å²) in [5, 5.41) is 2.35. The largest absolute Gasteiger partial charge is 0.255 e. The Morgan fingerprint density at radius 1 is 0.500 bits per heavy atom. The van der Waals surface area contributed by atoms with E-state index in [4.69, 9.17) is 0 Å². The van der Waals surface area contributed by atoms with Gasteiger partial charge in [-0.2, -0.15) is 0 Å². The number of unbranched alkanes of at least 4 members (excludes halogenated alkanes) is 15. The number of nitrogens with zero attached hydrogens (tertiary/aromatic N) is 1. The van der Waals surface area contributed by atoms with Crippen LogP contribution in [-0.2, 0) is 0 Å². The van der Waals surface area contributed by atoms with Crippen molar-refractivity contribution in [1.29, 1.82) is 0 Å². The molecule has 0 aliphatic rings. The van der Waals surface area contributed by atoms with E-state index in [1.165, 1.54) is 116 Å². The minimum absolute atomic E-state index is 0. The Morgan fingerprint density at radius 2 is 0.885 bits per heavy atom. The number of hydrogen-bond donors (Lipinski definition) is 1. The molecule has 0 fully saturated rings. The first-order valence-corrected chi connectivity index (χ1v) is 11.8. The number of nitrogens with one attached hydrogen (secondary N) is 1. The van der Waals surface area contributed by atoms with Crippen molar-refractivity contribution in [3.63, 3.8) is 0 Å². The maximum Gasteiger partial charge on any atom is 0.0128 e. The van der Waals surface area contributed by atoms with E-state index in [0.717, 1.165) is 13.1 Å². The van der Waals surface area contributed by atoms with Crippen LogP contribution in [0.3, 0.4) is 0 Å². The minimum Gasteiger partial charge on any atom is -0.255 e. The van der Waals surface area contributed by atoms with E-state index in [-0.39, 0.29) is 12.4 Å². The second-order valence-corrected chi connectivity index (χ2v) is 7.79. The van der Waals surface area contributed by atoms with Crippen LogP contribution in [0.5, 0.6) is 0 Å². The van der Waals surface area contributed by atoms with Gasteiger partial charge in [0.05, 0.1) is 0 Å². The Morgan fingerprint density at radius 3 is 1.23 bits per heavy atom. The SMILES string of the molecule is CCCCCCCCCCCCCCCCCCNN(CC)CCC.Cl. The Bertz CT molecular complexity index is 236. The highest BCUT2D eigenvalue weighted by Crippen LogP contribution is 2.13. The average molecular weight is 391 g/mol. The molecule has 26 heavy (non-hydrogen) atoms. The highest BCUT2D eigenvalue weighted by molar-refractivity contribution is 5.85. The maximum atomic E-state index is 3.55. The third-order valence-corrected chi connectivity index (χ3v) is 5.24. The number of rotatable bonds is 21. The summed E-state index contributed by atoms with van der Waals surface area (Å²) in [6.07, 6.45) is 24.4. The van der Waals surface area contributed by atoms with Gasteiger partial charge in [-0.3, -0.25) is 5.43 Å². The molecule has 0 aromatic carbocycles. The maximum absolute atomic E-state index is 3.55. The molecule has 0 saturated carbocycles. The molecule has 0 atom stereocenters. The molecule has 0 saturated heterocycles. The molecule has 1 N–H and O–H groups in total. The molecule has 160 valence electrons. The van der Waals surface area contributed by atoms with E-state index >= 15 is 0 Å². The predicted octanol–water partition coefficient (Wildman–Crippen LogP) is 7.91.